The molecule has 0 spiro atoms. The van der Waals surface area contributed by atoms with E-state index >= 15 is 0 Å². The lowest BCUT2D eigenvalue weighted by molar-refractivity contribution is 0.202. The average Bonchev–Trinajstić information content (AvgIpc) is 2.58. The molecule has 0 bridgehead atoms. The summed E-state index contributed by atoms with van der Waals surface area (Å²) in [7, 11) is 6.27. The quantitative estimate of drug-likeness (QED) is 0.689. The van der Waals surface area contributed by atoms with Crippen molar-refractivity contribution in [2.75, 3.05) is 0 Å². The molecule has 2 fully saturated rings. The normalized spacial score (nSPS) is 34.7. The molecule has 0 amide bonds. The second-order valence-electron chi connectivity index (χ2n) is 6.95. The number of rotatable bonds is 2. The average molecular weight is 260 g/mol. The molecule has 1 saturated heterocycles. The first-order valence-corrected chi connectivity index (χ1v) is 8.09. The van der Waals surface area contributed by atoms with Crippen LogP contribution in [0.2, 0.25) is 5.82 Å². The second kappa shape index (κ2) is 6.32. The summed E-state index contributed by atoms with van der Waals surface area (Å²) in [4.78, 5) is 7.49. The SMILES string of the molecule is [B]C1CCCCC2C(CC(=NC(C)C)N2C(C)C)C1. The van der Waals surface area contributed by atoms with Crippen molar-refractivity contribution >= 4 is 13.7 Å². The van der Waals surface area contributed by atoms with E-state index < -0.39 is 0 Å². The Balaban J connectivity index is 2.21. The van der Waals surface area contributed by atoms with Crippen molar-refractivity contribution in [2.45, 2.75) is 90.2 Å². The zero-order valence-corrected chi connectivity index (χ0v) is 13.1. The van der Waals surface area contributed by atoms with Gasteiger partial charge in [0.15, 0.2) is 0 Å². The molecule has 0 aromatic carbocycles. The minimum absolute atomic E-state index is 0.398. The highest BCUT2D eigenvalue weighted by Gasteiger charge is 2.39. The van der Waals surface area contributed by atoms with Gasteiger partial charge in [0, 0.05) is 24.5 Å². The maximum atomic E-state index is 6.27. The van der Waals surface area contributed by atoms with Crippen LogP contribution < -0.4 is 0 Å². The molecule has 1 heterocycles. The van der Waals surface area contributed by atoms with Crippen LogP contribution in [0.25, 0.3) is 0 Å². The maximum Gasteiger partial charge on any atom is 0.100 e. The fraction of sp³-hybridized carbons (Fsp3) is 0.938. The Bertz CT molecular complexity index is 325. The Kier molecular flexibility index (Phi) is 4.97. The Morgan fingerprint density at radius 2 is 1.84 bits per heavy atom. The highest BCUT2D eigenvalue weighted by Crippen LogP contribution is 2.39. The maximum absolute atomic E-state index is 6.27. The van der Waals surface area contributed by atoms with Crippen molar-refractivity contribution in [3.8, 4) is 0 Å². The molecule has 2 rings (SSSR count). The van der Waals surface area contributed by atoms with E-state index in [4.69, 9.17) is 12.8 Å². The molecule has 3 unspecified atom stereocenters. The molecule has 2 aliphatic rings. The molecule has 1 aliphatic carbocycles. The lowest BCUT2D eigenvalue weighted by Crippen LogP contribution is -2.41. The van der Waals surface area contributed by atoms with Gasteiger partial charge in [-0.15, -0.1) is 0 Å². The van der Waals surface area contributed by atoms with E-state index in [0.717, 1.165) is 12.3 Å². The summed E-state index contributed by atoms with van der Waals surface area (Å²) < 4.78 is 0. The zero-order chi connectivity index (χ0) is 14.0. The van der Waals surface area contributed by atoms with Crippen molar-refractivity contribution in [2.24, 2.45) is 10.9 Å². The predicted octanol–water partition coefficient (Wildman–Crippen LogP) is 3.81. The van der Waals surface area contributed by atoms with Crippen LogP contribution in [-0.4, -0.2) is 36.7 Å². The third-order valence-electron chi connectivity index (χ3n) is 4.54. The highest BCUT2D eigenvalue weighted by molar-refractivity contribution is 6.11. The summed E-state index contributed by atoms with van der Waals surface area (Å²) in [5, 5.41) is 0. The minimum atomic E-state index is 0.398. The van der Waals surface area contributed by atoms with E-state index in [2.05, 4.69) is 32.6 Å². The van der Waals surface area contributed by atoms with Crippen molar-refractivity contribution in [3.63, 3.8) is 0 Å². The Labute approximate surface area is 120 Å². The van der Waals surface area contributed by atoms with E-state index in [9.17, 15) is 0 Å². The molecular weight excluding hydrogens is 231 g/mol. The highest BCUT2D eigenvalue weighted by atomic mass is 15.3. The van der Waals surface area contributed by atoms with Crippen molar-refractivity contribution in [1.82, 2.24) is 4.90 Å². The van der Waals surface area contributed by atoms with Gasteiger partial charge < -0.3 is 4.90 Å². The molecule has 1 saturated carbocycles. The second-order valence-corrected chi connectivity index (χ2v) is 6.95. The van der Waals surface area contributed by atoms with Crippen molar-refractivity contribution < 1.29 is 0 Å². The minimum Gasteiger partial charge on any atom is -0.355 e. The summed E-state index contributed by atoms with van der Waals surface area (Å²) in [6, 6.07) is 1.64. The van der Waals surface area contributed by atoms with Gasteiger partial charge in [-0.1, -0.05) is 31.5 Å². The van der Waals surface area contributed by atoms with E-state index in [-0.39, 0.29) is 0 Å². The lowest BCUT2D eigenvalue weighted by Gasteiger charge is -2.35. The number of amidine groups is 1. The predicted molar refractivity (Wildman–Crippen MR) is 84.0 cm³/mol. The van der Waals surface area contributed by atoms with Crippen molar-refractivity contribution in [1.29, 1.82) is 0 Å². The molecule has 2 nitrogen and oxygen atoms in total. The number of hydrogen-bond donors (Lipinski definition) is 0. The van der Waals surface area contributed by atoms with Crippen LogP contribution in [0.1, 0.15) is 66.2 Å². The topological polar surface area (TPSA) is 15.6 Å². The fourth-order valence-electron chi connectivity index (χ4n) is 3.87. The smallest absolute Gasteiger partial charge is 0.100 e. The van der Waals surface area contributed by atoms with Gasteiger partial charge in [-0.25, -0.2) is 0 Å². The third-order valence-corrected chi connectivity index (χ3v) is 4.54. The Morgan fingerprint density at radius 1 is 1.16 bits per heavy atom. The first-order chi connectivity index (χ1) is 8.99. The van der Waals surface area contributed by atoms with E-state index in [1.807, 2.05) is 0 Å². The molecule has 0 N–H and O–H groups in total. The molecule has 3 atom stereocenters. The molecule has 0 aromatic rings. The van der Waals surface area contributed by atoms with Crippen LogP contribution in [-0.2, 0) is 0 Å². The summed E-state index contributed by atoms with van der Waals surface area (Å²) in [5.74, 6) is 2.48. The van der Waals surface area contributed by atoms with Gasteiger partial charge in [-0.3, -0.25) is 4.99 Å². The fourth-order valence-corrected chi connectivity index (χ4v) is 3.87. The summed E-state index contributed by atoms with van der Waals surface area (Å²) >= 11 is 0. The zero-order valence-electron chi connectivity index (χ0n) is 13.1. The monoisotopic (exact) mass is 260 g/mol. The van der Waals surface area contributed by atoms with E-state index in [1.54, 1.807) is 0 Å². The number of likely N-dealkylation sites (tertiary alicyclic amines) is 1. The lowest BCUT2D eigenvalue weighted by atomic mass is 9.72. The van der Waals surface area contributed by atoms with Gasteiger partial charge in [-0.2, -0.15) is 0 Å². The summed E-state index contributed by atoms with van der Waals surface area (Å²) in [6.45, 7) is 8.96. The van der Waals surface area contributed by atoms with Gasteiger partial charge in [0.1, 0.15) is 5.84 Å². The molecule has 2 radical (unpaired) electrons. The van der Waals surface area contributed by atoms with Crippen LogP contribution in [0.4, 0.5) is 0 Å². The van der Waals surface area contributed by atoms with Crippen molar-refractivity contribution in [3.05, 3.63) is 0 Å². The van der Waals surface area contributed by atoms with Crippen LogP contribution in [0.5, 0.6) is 0 Å². The van der Waals surface area contributed by atoms with E-state index in [1.165, 1.54) is 37.9 Å². The van der Waals surface area contributed by atoms with Crippen LogP contribution in [0, 0.1) is 5.92 Å². The number of nitrogens with zero attached hydrogens (tertiary/aromatic N) is 2. The number of fused-ring (bicyclic) bond motifs is 1. The van der Waals surface area contributed by atoms with Gasteiger partial charge in [0.2, 0.25) is 0 Å². The number of aliphatic imine (C=N–C) groups is 1. The first-order valence-electron chi connectivity index (χ1n) is 8.09. The van der Waals surface area contributed by atoms with E-state index in [0.29, 0.717) is 23.9 Å². The van der Waals surface area contributed by atoms with Gasteiger partial charge in [0.25, 0.3) is 0 Å². The standard InChI is InChI=1S/C16H29BN2/c1-11(2)18-16-10-13-9-14(17)7-5-6-8-15(13)19(16)12(3)4/h11-15H,5-10H2,1-4H3. The third kappa shape index (κ3) is 3.55. The summed E-state index contributed by atoms with van der Waals surface area (Å²) in [6.07, 6.45) is 7.49. The molecule has 19 heavy (non-hydrogen) atoms. The molecular formula is C16H29BN2. The first kappa shape index (κ1) is 14.9. The van der Waals surface area contributed by atoms with Crippen LogP contribution in [0.3, 0.4) is 0 Å². The molecule has 0 aromatic heterocycles. The number of hydrogen-bond acceptors (Lipinski definition) is 1. The molecule has 3 heteroatoms. The summed E-state index contributed by atoms with van der Waals surface area (Å²) in [5.41, 5.74) is 0. The van der Waals surface area contributed by atoms with Gasteiger partial charge in [0.05, 0.1) is 7.85 Å². The molecule has 1 aliphatic heterocycles. The Hall–Kier alpha value is -0.465. The largest absolute Gasteiger partial charge is 0.355 e. The van der Waals surface area contributed by atoms with Gasteiger partial charge in [-0.05, 0) is 40.0 Å². The van der Waals surface area contributed by atoms with Crippen LogP contribution in [0.15, 0.2) is 4.99 Å². The molecule has 106 valence electrons. The van der Waals surface area contributed by atoms with Gasteiger partial charge >= 0.3 is 0 Å². The van der Waals surface area contributed by atoms with Crippen LogP contribution >= 0.6 is 0 Å². The Morgan fingerprint density at radius 3 is 2.47 bits per heavy atom.